The van der Waals surface area contributed by atoms with Crippen molar-refractivity contribution in [3.8, 4) is 0 Å². The normalized spacial score (nSPS) is 12.5. The van der Waals surface area contributed by atoms with Gasteiger partial charge in [-0.15, -0.1) is 0 Å². The molecule has 0 aliphatic rings. The van der Waals surface area contributed by atoms with E-state index in [1.165, 1.54) is 0 Å². The minimum atomic E-state index is -1.49. The molecule has 1 aromatic rings. The van der Waals surface area contributed by atoms with Crippen molar-refractivity contribution in [2.45, 2.75) is 0 Å². The van der Waals surface area contributed by atoms with Crippen molar-refractivity contribution >= 4 is 11.7 Å². The van der Waals surface area contributed by atoms with E-state index in [2.05, 4.69) is 0 Å². The molecule has 1 aromatic carbocycles. The standard InChI is InChI=1S/C7H6FNO4/c8-6-2-1-4(9(12)13)3-5(6)7(10)11/h1-3,9,12H,(H,10,11). The summed E-state index contributed by atoms with van der Waals surface area (Å²) < 4.78 is 12.7. The molecule has 0 amide bonds. The molecule has 0 spiro atoms. The molecule has 0 saturated carbocycles. The Morgan fingerprint density at radius 1 is 1.54 bits per heavy atom. The molecule has 1 unspecified atom stereocenters. The van der Waals surface area contributed by atoms with E-state index in [0.717, 1.165) is 18.2 Å². The second kappa shape index (κ2) is 3.48. The van der Waals surface area contributed by atoms with Crippen LogP contribution in [0.2, 0.25) is 0 Å². The van der Waals surface area contributed by atoms with Crippen molar-refractivity contribution < 1.29 is 24.7 Å². The Morgan fingerprint density at radius 2 is 2.15 bits per heavy atom. The molecule has 0 heterocycles. The van der Waals surface area contributed by atoms with Gasteiger partial charge in [0, 0.05) is 12.1 Å². The van der Waals surface area contributed by atoms with Crippen molar-refractivity contribution in [1.29, 1.82) is 0 Å². The van der Waals surface area contributed by atoms with Crippen molar-refractivity contribution in [2.24, 2.45) is 0 Å². The van der Waals surface area contributed by atoms with E-state index in [-0.39, 0.29) is 5.69 Å². The average molecular weight is 187 g/mol. The molecule has 0 aliphatic heterocycles. The van der Waals surface area contributed by atoms with Crippen LogP contribution in [0.1, 0.15) is 10.4 Å². The summed E-state index contributed by atoms with van der Waals surface area (Å²) in [6.45, 7) is 0. The second-order valence-corrected chi connectivity index (χ2v) is 2.30. The molecule has 6 heteroatoms. The van der Waals surface area contributed by atoms with Gasteiger partial charge in [0.1, 0.15) is 11.4 Å². The van der Waals surface area contributed by atoms with Gasteiger partial charge in [-0.05, 0) is 6.07 Å². The zero-order valence-electron chi connectivity index (χ0n) is 6.32. The van der Waals surface area contributed by atoms with Gasteiger partial charge in [0.2, 0.25) is 0 Å². The minimum Gasteiger partial charge on any atom is -0.595 e. The smallest absolute Gasteiger partial charge is 0.338 e. The van der Waals surface area contributed by atoms with Crippen molar-refractivity contribution in [1.82, 2.24) is 0 Å². The predicted molar refractivity (Wildman–Crippen MR) is 39.1 cm³/mol. The van der Waals surface area contributed by atoms with Gasteiger partial charge in [0.25, 0.3) is 0 Å². The molecule has 0 aliphatic carbocycles. The third-order valence-corrected chi connectivity index (χ3v) is 1.44. The lowest BCUT2D eigenvalue weighted by Crippen LogP contribution is -2.99. The van der Waals surface area contributed by atoms with E-state index in [0.29, 0.717) is 0 Å². The second-order valence-electron chi connectivity index (χ2n) is 2.30. The number of quaternary nitrogens is 1. The Kier molecular flexibility index (Phi) is 2.57. The highest BCUT2D eigenvalue weighted by Gasteiger charge is 2.13. The van der Waals surface area contributed by atoms with Gasteiger partial charge >= 0.3 is 5.97 Å². The number of nitrogens with one attached hydrogen (secondary N) is 1. The van der Waals surface area contributed by atoms with Crippen molar-refractivity contribution in [3.63, 3.8) is 0 Å². The Labute approximate surface area is 72.2 Å². The van der Waals surface area contributed by atoms with Crippen LogP contribution >= 0.6 is 0 Å². The van der Waals surface area contributed by atoms with Gasteiger partial charge in [-0.3, -0.25) is 0 Å². The molecular formula is C7H6FNO4. The maximum absolute atomic E-state index is 12.7. The summed E-state index contributed by atoms with van der Waals surface area (Å²) >= 11 is 0. The Bertz CT molecular complexity index is 339. The number of carboxylic acid groups (broad SMARTS) is 1. The summed E-state index contributed by atoms with van der Waals surface area (Å²) in [5.41, 5.74) is -0.890. The molecule has 1 atom stereocenters. The maximum Gasteiger partial charge on any atom is 0.338 e. The first-order valence-corrected chi connectivity index (χ1v) is 3.28. The van der Waals surface area contributed by atoms with Gasteiger partial charge in [0.15, 0.2) is 5.69 Å². The molecule has 0 aromatic heterocycles. The predicted octanol–water partition coefficient (Wildman–Crippen LogP) is -0.0727. The third-order valence-electron chi connectivity index (χ3n) is 1.44. The molecule has 3 N–H and O–H groups in total. The van der Waals surface area contributed by atoms with E-state index in [1.54, 1.807) is 0 Å². The molecule has 70 valence electrons. The van der Waals surface area contributed by atoms with Crippen molar-refractivity contribution in [3.05, 3.63) is 34.8 Å². The summed E-state index contributed by atoms with van der Waals surface area (Å²) in [4.78, 5) is 10.4. The molecule has 0 bridgehead atoms. The number of carbonyl (C=O) groups is 1. The monoisotopic (exact) mass is 187 g/mol. The molecule has 13 heavy (non-hydrogen) atoms. The molecule has 0 saturated heterocycles. The van der Waals surface area contributed by atoms with Crippen LogP contribution in [0.4, 0.5) is 10.1 Å². The lowest BCUT2D eigenvalue weighted by atomic mass is 10.2. The molecule has 0 radical (unpaired) electrons. The van der Waals surface area contributed by atoms with Crippen LogP contribution in [0.15, 0.2) is 18.2 Å². The zero-order valence-corrected chi connectivity index (χ0v) is 6.32. The molecular weight excluding hydrogens is 181 g/mol. The summed E-state index contributed by atoms with van der Waals surface area (Å²) in [5, 5.41) is 26.0. The van der Waals surface area contributed by atoms with Crippen LogP contribution in [0, 0.1) is 11.0 Å². The number of aromatic carboxylic acids is 1. The van der Waals surface area contributed by atoms with Gasteiger partial charge in [-0.2, -0.15) is 5.23 Å². The maximum atomic E-state index is 12.7. The number of halogens is 1. The van der Waals surface area contributed by atoms with E-state index in [1.807, 2.05) is 0 Å². The number of benzene rings is 1. The Morgan fingerprint density at radius 3 is 2.62 bits per heavy atom. The zero-order chi connectivity index (χ0) is 10.0. The highest BCUT2D eigenvalue weighted by atomic mass is 19.1. The van der Waals surface area contributed by atoms with E-state index >= 15 is 0 Å². The highest BCUT2D eigenvalue weighted by Crippen LogP contribution is 2.11. The van der Waals surface area contributed by atoms with Crippen LogP contribution in [0.3, 0.4) is 0 Å². The Hall–Kier alpha value is -1.50. The molecule has 0 fully saturated rings. The quantitative estimate of drug-likeness (QED) is 0.565. The topological polar surface area (TPSA) is 85.0 Å². The molecule has 5 nitrogen and oxygen atoms in total. The van der Waals surface area contributed by atoms with E-state index in [4.69, 9.17) is 10.3 Å². The fourth-order valence-electron chi connectivity index (χ4n) is 0.822. The van der Waals surface area contributed by atoms with Crippen LogP contribution in [-0.4, -0.2) is 16.3 Å². The number of hydrogen-bond acceptors (Lipinski definition) is 3. The fraction of sp³-hybridized carbons (Fsp3) is 0. The summed E-state index contributed by atoms with van der Waals surface area (Å²) in [7, 11) is 0. The first-order valence-electron chi connectivity index (χ1n) is 3.28. The van der Waals surface area contributed by atoms with Crippen LogP contribution in [0.5, 0.6) is 0 Å². The summed E-state index contributed by atoms with van der Waals surface area (Å²) in [5.74, 6) is -2.43. The van der Waals surface area contributed by atoms with Gasteiger partial charge in [-0.25, -0.2) is 14.4 Å². The summed E-state index contributed by atoms with van der Waals surface area (Å²) in [6, 6.07) is 2.59. The van der Waals surface area contributed by atoms with Crippen LogP contribution < -0.4 is 5.23 Å². The first-order chi connectivity index (χ1) is 6.02. The van der Waals surface area contributed by atoms with Crippen LogP contribution in [0.25, 0.3) is 0 Å². The van der Waals surface area contributed by atoms with Gasteiger partial charge < -0.3 is 10.3 Å². The van der Waals surface area contributed by atoms with E-state index < -0.39 is 22.6 Å². The SMILES string of the molecule is O=C(O)c1cc([NH+]([O-])O)ccc1F. The van der Waals surface area contributed by atoms with E-state index in [9.17, 15) is 14.4 Å². The van der Waals surface area contributed by atoms with Gasteiger partial charge in [0.05, 0.1) is 0 Å². The van der Waals surface area contributed by atoms with Crippen molar-refractivity contribution in [2.75, 3.05) is 0 Å². The fourth-order valence-corrected chi connectivity index (χ4v) is 0.822. The van der Waals surface area contributed by atoms with Gasteiger partial charge in [-0.1, -0.05) is 0 Å². The lowest BCUT2D eigenvalue weighted by Gasteiger charge is -2.11. The summed E-state index contributed by atoms with van der Waals surface area (Å²) in [6.07, 6.45) is 0. The Balaban J connectivity index is 3.19. The minimum absolute atomic E-state index is 0.251. The number of hydrogen-bond donors (Lipinski definition) is 3. The molecule has 1 rings (SSSR count). The lowest BCUT2D eigenvalue weighted by molar-refractivity contribution is -0.991. The third kappa shape index (κ3) is 2.00. The van der Waals surface area contributed by atoms with Crippen LogP contribution in [-0.2, 0) is 0 Å². The average Bonchev–Trinajstić information content (AvgIpc) is 2.04. The number of rotatable bonds is 2. The highest BCUT2D eigenvalue weighted by molar-refractivity contribution is 5.88. The number of carboxylic acids is 1. The largest absolute Gasteiger partial charge is 0.595 e. The first kappa shape index (κ1) is 9.59.